The largest absolute Gasteiger partial charge is 0.481 e. The number of allylic oxidation sites excluding steroid dienone is 2. The summed E-state index contributed by atoms with van der Waals surface area (Å²) in [6.07, 6.45) is 5.60. The molecule has 1 aliphatic rings. The molecule has 1 saturated carbocycles. The summed E-state index contributed by atoms with van der Waals surface area (Å²) in [6, 6.07) is 0. The molecular weight excluding hydrogens is 190 g/mol. The summed E-state index contributed by atoms with van der Waals surface area (Å²) in [5.74, 6) is -0.761. The Labute approximate surface area is 90.2 Å². The van der Waals surface area contributed by atoms with Gasteiger partial charge in [0.15, 0.2) is 0 Å². The molecule has 0 aliphatic heterocycles. The molecule has 1 atom stereocenters. The molecule has 0 radical (unpaired) electrons. The van der Waals surface area contributed by atoms with Gasteiger partial charge in [-0.25, -0.2) is 0 Å². The molecule has 0 heterocycles. The molecule has 82 valence electrons. The van der Waals surface area contributed by atoms with Gasteiger partial charge in [-0.05, 0) is 30.5 Å². The van der Waals surface area contributed by atoms with Gasteiger partial charge in [0.25, 0.3) is 0 Å². The van der Waals surface area contributed by atoms with E-state index in [1.807, 2.05) is 0 Å². The number of carbonyl (C=O) groups is 1. The van der Waals surface area contributed by atoms with E-state index in [4.69, 9.17) is 5.11 Å². The van der Waals surface area contributed by atoms with Crippen LogP contribution in [0.3, 0.4) is 0 Å². The average Bonchev–Trinajstić information content (AvgIpc) is 2.90. The van der Waals surface area contributed by atoms with Crippen LogP contribution in [-0.2, 0) is 4.79 Å². The first-order chi connectivity index (χ1) is 7.03. The molecule has 0 aromatic rings. The van der Waals surface area contributed by atoms with Gasteiger partial charge in [0, 0.05) is 12.1 Å². The van der Waals surface area contributed by atoms with Crippen LogP contribution >= 0.6 is 0 Å². The summed E-state index contributed by atoms with van der Waals surface area (Å²) < 4.78 is 0. The van der Waals surface area contributed by atoms with Crippen molar-refractivity contribution >= 4 is 12.7 Å². The minimum atomic E-state index is -0.773. The zero-order valence-electron chi connectivity index (χ0n) is 9.07. The zero-order chi connectivity index (χ0) is 11.5. The Morgan fingerprint density at radius 2 is 2.27 bits per heavy atom. The van der Waals surface area contributed by atoms with Gasteiger partial charge in [0.05, 0.1) is 6.42 Å². The Morgan fingerprint density at radius 3 is 2.60 bits per heavy atom. The van der Waals surface area contributed by atoms with Crippen molar-refractivity contribution in [3.63, 3.8) is 0 Å². The van der Waals surface area contributed by atoms with E-state index < -0.39 is 5.97 Å². The maximum atomic E-state index is 10.8. The molecule has 3 heteroatoms. The van der Waals surface area contributed by atoms with Gasteiger partial charge in [-0.2, -0.15) is 0 Å². The maximum absolute atomic E-state index is 10.8. The maximum Gasteiger partial charge on any atom is 0.303 e. The van der Waals surface area contributed by atoms with Crippen LogP contribution < -0.4 is 0 Å². The molecule has 1 rings (SSSR count). The number of hydrogen-bond donors (Lipinski definition) is 1. The molecule has 1 aliphatic carbocycles. The fourth-order valence-corrected chi connectivity index (χ4v) is 1.88. The van der Waals surface area contributed by atoms with Crippen molar-refractivity contribution in [2.75, 3.05) is 0 Å². The summed E-state index contributed by atoms with van der Waals surface area (Å²) >= 11 is 0. The predicted molar refractivity (Wildman–Crippen MR) is 60.9 cm³/mol. The molecule has 0 spiro atoms. The second-order valence-electron chi connectivity index (χ2n) is 4.32. The summed E-state index contributed by atoms with van der Waals surface area (Å²) in [6.45, 7) is 9.20. The van der Waals surface area contributed by atoms with E-state index in [1.165, 1.54) is 0 Å². The molecule has 0 amide bonds. The summed E-state index contributed by atoms with van der Waals surface area (Å²) in [5, 5.41) is 8.88. The zero-order valence-corrected chi connectivity index (χ0v) is 9.07. The van der Waals surface area contributed by atoms with Gasteiger partial charge in [0.1, 0.15) is 0 Å². The molecule has 1 N–H and O–H groups in total. The first-order valence-corrected chi connectivity index (χ1v) is 5.03. The van der Waals surface area contributed by atoms with Crippen LogP contribution in [0.25, 0.3) is 0 Å². The molecule has 1 unspecified atom stereocenters. The van der Waals surface area contributed by atoms with Crippen LogP contribution in [0.2, 0.25) is 0 Å². The smallest absolute Gasteiger partial charge is 0.303 e. The van der Waals surface area contributed by atoms with Gasteiger partial charge in [-0.3, -0.25) is 9.79 Å². The third-order valence-corrected chi connectivity index (χ3v) is 3.14. The van der Waals surface area contributed by atoms with E-state index in [0.29, 0.717) is 0 Å². The number of rotatable bonds is 6. The third kappa shape index (κ3) is 2.78. The minimum absolute atomic E-state index is 0.0120. The van der Waals surface area contributed by atoms with Crippen LogP contribution in [0.5, 0.6) is 0 Å². The van der Waals surface area contributed by atoms with E-state index >= 15 is 0 Å². The molecule has 0 aromatic heterocycles. The Hall–Kier alpha value is -1.38. The molecule has 15 heavy (non-hydrogen) atoms. The SMILES string of the molecule is C=C/C(=C\N=C)C(CC(=O)O)C1(C)CC1. The molecule has 3 nitrogen and oxygen atoms in total. The second-order valence-corrected chi connectivity index (χ2v) is 4.32. The van der Waals surface area contributed by atoms with Gasteiger partial charge in [0.2, 0.25) is 0 Å². The summed E-state index contributed by atoms with van der Waals surface area (Å²) in [7, 11) is 0. The fraction of sp³-hybridized carbons (Fsp3) is 0.500. The Kier molecular flexibility index (Phi) is 3.45. The molecular formula is C12H17NO2. The van der Waals surface area contributed by atoms with Crippen LogP contribution in [0.1, 0.15) is 26.2 Å². The van der Waals surface area contributed by atoms with Crippen LogP contribution in [0.4, 0.5) is 0 Å². The Balaban J connectivity index is 2.88. The molecule has 0 aromatic carbocycles. The van der Waals surface area contributed by atoms with E-state index in [1.54, 1.807) is 12.3 Å². The number of carboxylic acids is 1. The Morgan fingerprint density at radius 1 is 1.67 bits per heavy atom. The van der Waals surface area contributed by atoms with Crippen molar-refractivity contribution in [1.29, 1.82) is 0 Å². The number of aliphatic imine (C=N–C) groups is 1. The first-order valence-electron chi connectivity index (χ1n) is 5.03. The standard InChI is InChI=1S/C12H17NO2/c1-4-9(8-13-3)10(7-11(14)15)12(2)5-6-12/h4,8,10H,1,3,5-7H2,2H3,(H,14,15)/b9-8+. The first kappa shape index (κ1) is 11.7. The van der Waals surface area contributed by atoms with Crippen LogP contribution in [-0.4, -0.2) is 17.8 Å². The van der Waals surface area contributed by atoms with Crippen molar-refractivity contribution in [3.8, 4) is 0 Å². The van der Waals surface area contributed by atoms with Crippen molar-refractivity contribution in [2.24, 2.45) is 16.3 Å². The van der Waals surface area contributed by atoms with E-state index in [9.17, 15) is 4.79 Å². The van der Waals surface area contributed by atoms with Gasteiger partial charge < -0.3 is 5.11 Å². The highest BCUT2D eigenvalue weighted by atomic mass is 16.4. The summed E-state index contributed by atoms with van der Waals surface area (Å²) in [5.41, 5.74) is 0.996. The fourth-order valence-electron chi connectivity index (χ4n) is 1.88. The normalized spacial score (nSPS) is 20.5. The van der Waals surface area contributed by atoms with Crippen LogP contribution in [0.15, 0.2) is 29.4 Å². The number of hydrogen-bond acceptors (Lipinski definition) is 2. The van der Waals surface area contributed by atoms with E-state index in [2.05, 4.69) is 25.2 Å². The lowest BCUT2D eigenvalue weighted by Gasteiger charge is -2.22. The topological polar surface area (TPSA) is 49.7 Å². The monoisotopic (exact) mass is 207 g/mol. The highest BCUT2D eigenvalue weighted by molar-refractivity contribution is 5.68. The lowest BCUT2D eigenvalue weighted by molar-refractivity contribution is -0.138. The average molecular weight is 207 g/mol. The minimum Gasteiger partial charge on any atom is -0.481 e. The number of aliphatic carboxylic acids is 1. The number of nitrogens with zero attached hydrogens (tertiary/aromatic N) is 1. The molecule has 0 bridgehead atoms. The molecule has 1 fully saturated rings. The van der Waals surface area contributed by atoms with Crippen molar-refractivity contribution < 1.29 is 9.90 Å². The van der Waals surface area contributed by atoms with E-state index in [0.717, 1.165) is 18.4 Å². The molecule has 0 saturated heterocycles. The third-order valence-electron chi connectivity index (χ3n) is 3.14. The highest BCUT2D eigenvalue weighted by Gasteiger charge is 2.46. The van der Waals surface area contributed by atoms with Crippen molar-refractivity contribution in [2.45, 2.75) is 26.2 Å². The Bertz CT molecular complexity index is 314. The van der Waals surface area contributed by atoms with E-state index in [-0.39, 0.29) is 17.8 Å². The predicted octanol–water partition coefficient (Wildman–Crippen LogP) is 2.65. The summed E-state index contributed by atoms with van der Waals surface area (Å²) in [4.78, 5) is 14.5. The van der Waals surface area contributed by atoms with Gasteiger partial charge in [-0.1, -0.05) is 19.6 Å². The van der Waals surface area contributed by atoms with Crippen LogP contribution in [0, 0.1) is 11.3 Å². The lowest BCUT2D eigenvalue weighted by Crippen LogP contribution is -2.18. The second kappa shape index (κ2) is 4.43. The highest BCUT2D eigenvalue weighted by Crippen LogP contribution is 2.55. The van der Waals surface area contributed by atoms with Crippen molar-refractivity contribution in [3.05, 3.63) is 24.4 Å². The van der Waals surface area contributed by atoms with Gasteiger partial charge in [-0.15, -0.1) is 0 Å². The number of carboxylic acid groups (broad SMARTS) is 1. The quantitative estimate of drug-likeness (QED) is 0.537. The lowest BCUT2D eigenvalue weighted by atomic mass is 9.82. The van der Waals surface area contributed by atoms with Crippen molar-refractivity contribution in [1.82, 2.24) is 0 Å². The van der Waals surface area contributed by atoms with Gasteiger partial charge >= 0.3 is 5.97 Å².